The van der Waals surface area contributed by atoms with Crippen molar-refractivity contribution in [1.82, 2.24) is 15.3 Å². The van der Waals surface area contributed by atoms with Crippen LogP contribution in [0.25, 0.3) is 0 Å². The van der Waals surface area contributed by atoms with Crippen molar-refractivity contribution in [1.29, 1.82) is 0 Å². The largest absolute Gasteiger partial charge is 0.494 e. The fourth-order valence-corrected chi connectivity index (χ4v) is 2.58. The van der Waals surface area contributed by atoms with E-state index < -0.39 is 11.2 Å². The molecule has 1 amide bonds. The van der Waals surface area contributed by atoms with E-state index in [2.05, 4.69) is 15.3 Å². The molecular weight excluding hydrogens is 322 g/mol. The van der Waals surface area contributed by atoms with Crippen molar-refractivity contribution in [3.8, 4) is 5.75 Å². The molecule has 0 aliphatic heterocycles. The number of amides is 1. The van der Waals surface area contributed by atoms with Gasteiger partial charge in [-0.25, -0.2) is 4.79 Å². The summed E-state index contributed by atoms with van der Waals surface area (Å²) in [5.74, 6) is 0.629. The number of carbonyl (C=O) groups is 1. The van der Waals surface area contributed by atoms with Crippen LogP contribution in [0.15, 0.2) is 33.9 Å². The van der Waals surface area contributed by atoms with E-state index in [0.717, 1.165) is 11.3 Å². The summed E-state index contributed by atoms with van der Waals surface area (Å²) in [6.07, 6.45) is 0.428. The first kappa shape index (κ1) is 18.5. The van der Waals surface area contributed by atoms with Gasteiger partial charge >= 0.3 is 5.69 Å². The zero-order valence-corrected chi connectivity index (χ0v) is 14.6. The van der Waals surface area contributed by atoms with Gasteiger partial charge in [-0.15, -0.1) is 0 Å². The van der Waals surface area contributed by atoms with Crippen molar-refractivity contribution < 1.29 is 9.53 Å². The third-order valence-electron chi connectivity index (χ3n) is 3.93. The maximum atomic E-state index is 12.1. The molecule has 0 unspecified atom stereocenters. The summed E-state index contributed by atoms with van der Waals surface area (Å²) < 4.78 is 5.39. The molecule has 0 saturated carbocycles. The van der Waals surface area contributed by atoms with E-state index in [1.807, 2.05) is 38.1 Å². The minimum absolute atomic E-state index is 0.155. The third kappa shape index (κ3) is 5.07. The Hall–Kier alpha value is -2.83. The molecule has 7 heteroatoms. The molecule has 2 aromatic rings. The smallest absolute Gasteiger partial charge is 0.325 e. The molecule has 1 heterocycles. The van der Waals surface area contributed by atoms with E-state index >= 15 is 0 Å². The molecule has 1 aromatic carbocycles. The van der Waals surface area contributed by atoms with Crippen LogP contribution >= 0.6 is 0 Å². The quantitative estimate of drug-likeness (QED) is 0.708. The lowest BCUT2D eigenvalue weighted by atomic mass is 10.1. The molecule has 7 nitrogen and oxygen atoms in total. The highest BCUT2D eigenvalue weighted by atomic mass is 16.5. The number of nitrogens with one attached hydrogen (secondary N) is 3. The average molecular weight is 345 g/mol. The molecule has 1 atom stereocenters. The number of aromatic amines is 2. The Bertz CT molecular complexity index is 837. The number of hydrogen-bond donors (Lipinski definition) is 3. The zero-order valence-electron chi connectivity index (χ0n) is 14.6. The molecule has 3 N–H and O–H groups in total. The first-order chi connectivity index (χ1) is 11.9. The molecule has 134 valence electrons. The maximum Gasteiger partial charge on any atom is 0.325 e. The summed E-state index contributed by atoms with van der Waals surface area (Å²) in [5.41, 5.74) is 0.882. The Kier molecular flexibility index (Phi) is 6.16. The van der Waals surface area contributed by atoms with Gasteiger partial charge in [-0.1, -0.05) is 12.1 Å². The van der Waals surface area contributed by atoms with Gasteiger partial charge < -0.3 is 15.0 Å². The zero-order chi connectivity index (χ0) is 18.4. The number of rotatable bonds is 7. The molecule has 2 rings (SSSR count). The van der Waals surface area contributed by atoms with Crippen LogP contribution in [0.5, 0.6) is 5.75 Å². The SMILES string of the molecule is CCOc1ccc([C@H](C)NC(=O)CCc2c(C)[nH]c(=O)[nH]c2=O)cc1. The summed E-state index contributed by atoms with van der Waals surface area (Å²) in [5, 5.41) is 2.90. The van der Waals surface area contributed by atoms with Gasteiger partial charge in [0.2, 0.25) is 5.91 Å². The van der Waals surface area contributed by atoms with Gasteiger partial charge in [0.1, 0.15) is 5.75 Å². The first-order valence-electron chi connectivity index (χ1n) is 8.25. The average Bonchev–Trinajstić information content (AvgIpc) is 2.54. The van der Waals surface area contributed by atoms with Crippen LogP contribution in [0.1, 0.15) is 43.1 Å². The monoisotopic (exact) mass is 345 g/mol. The molecule has 0 aliphatic rings. The highest BCUT2D eigenvalue weighted by Gasteiger charge is 2.12. The molecule has 0 saturated heterocycles. The number of aryl methyl sites for hydroxylation is 1. The van der Waals surface area contributed by atoms with Gasteiger partial charge in [-0.2, -0.15) is 0 Å². The first-order valence-corrected chi connectivity index (χ1v) is 8.25. The molecule has 25 heavy (non-hydrogen) atoms. The van der Waals surface area contributed by atoms with Crippen LogP contribution in [0.3, 0.4) is 0 Å². The number of benzene rings is 1. The minimum atomic E-state index is -0.542. The van der Waals surface area contributed by atoms with Crippen molar-refractivity contribution >= 4 is 5.91 Å². The molecular formula is C18H23N3O4. The topological polar surface area (TPSA) is 104 Å². The Morgan fingerprint density at radius 3 is 2.48 bits per heavy atom. The fourth-order valence-electron chi connectivity index (χ4n) is 2.58. The second-order valence-corrected chi connectivity index (χ2v) is 5.80. The lowest BCUT2D eigenvalue weighted by molar-refractivity contribution is -0.121. The Balaban J connectivity index is 1.93. The number of hydrogen-bond acceptors (Lipinski definition) is 4. The number of ether oxygens (including phenoxy) is 1. The predicted octanol–water partition coefficient (Wildman–Crippen LogP) is 1.58. The summed E-state index contributed by atoms with van der Waals surface area (Å²) >= 11 is 0. The minimum Gasteiger partial charge on any atom is -0.494 e. The van der Waals surface area contributed by atoms with Gasteiger partial charge in [-0.05, 0) is 44.9 Å². The number of carbonyl (C=O) groups excluding carboxylic acids is 1. The summed E-state index contributed by atoms with van der Waals surface area (Å²) in [4.78, 5) is 39.8. The molecule has 0 aliphatic carbocycles. The second kappa shape index (κ2) is 8.32. The molecule has 0 radical (unpaired) electrons. The van der Waals surface area contributed by atoms with Crippen molar-refractivity contribution in [3.63, 3.8) is 0 Å². The highest BCUT2D eigenvalue weighted by Crippen LogP contribution is 2.17. The molecule has 0 spiro atoms. The van der Waals surface area contributed by atoms with E-state index in [1.54, 1.807) is 6.92 Å². The lowest BCUT2D eigenvalue weighted by Crippen LogP contribution is -2.30. The van der Waals surface area contributed by atoms with Crippen LogP contribution < -0.4 is 21.3 Å². The third-order valence-corrected chi connectivity index (χ3v) is 3.93. The van der Waals surface area contributed by atoms with E-state index in [1.165, 1.54) is 0 Å². The van der Waals surface area contributed by atoms with E-state index in [9.17, 15) is 14.4 Å². The van der Waals surface area contributed by atoms with E-state index in [0.29, 0.717) is 17.9 Å². The van der Waals surface area contributed by atoms with Gasteiger partial charge in [0.05, 0.1) is 12.6 Å². The second-order valence-electron chi connectivity index (χ2n) is 5.80. The van der Waals surface area contributed by atoms with Gasteiger partial charge in [0.15, 0.2) is 0 Å². The summed E-state index contributed by atoms with van der Waals surface area (Å²) in [6.45, 7) is 6.07. The fraction of sp³-hybridized carbons (Fsp3) is 0.389. The van der Waals surface area contributed by atoms with Crippen LogP contribution in [0.2, 0.25) is 0 Å². The Morgan fingerprint density at radius 1 is 1.20 bits per heavy atom. The number of H-pyrrole nitrogens is 2. The normalized spacial score (nSPS) is 11.8. The standard InChI is InChI=1S/C18H23N3O4/c1-4-25-14-7-5-13(6-8-14)11(2)19-16(22)10-9-15-12(3)20-18(24)21-17(15)23/h5-8,11H,4,9-10H2,1-3H3,(H,19,22)(H2,20,21,23,24)/t11-/m0/s1. The van der Waals surface area contributed by atoms with E-state index in [4.69, 9.17) is 4.74 Å². The highest BCUT2D eigenvalue weighted by molar-refractivity contribution is 5.76. The molecule has 0 bridgehead atoms. The van der Waals surface area contributed by atoms with Gasteiger partial charge in [0, 0.05) is 17.7 Å². The van der Waals surface area contributed by atoms with Gasteiger partial charge in [-0.3, -0.25) is 14.6 Å². The number of aromatic nitrogens is 2. The Morgan fingerprint density at radius 2 is 1.88 bits per heavy atom. The van der Waals surface area contributed by atoms with Crippen molar-refractivity contribution in [2.24, 2.45) is 0 Å². The van der Waals surface area contributed by atoms with Gasteiger partial charge in [0.25, 0.3) is 5.56 Å². The summed E-state index contributed by atoms with van der Waals surface area (Å²) in [7, 11) is 0. The van der Waals surface area contributed by atoms with Crippen molar-refractivity contribution in [2.45, 2.75) is 39.7 Å². The van der Waals surface area contributed by atoms with Crippen LogP contribution in [0.4, 0.5) is 0 Å². The van der Waals surface area contributed by atoms with Crippen LogP contribution in [0, 0.1) is 6.92 Å². The van der Waals surface area contributed by atoms with Crippen LogP contribution in [-0.4, -0.2) is 22.5 Å². The molecule has 0 fully saturated rings. The predicted molar refractivity (Wildman–Crippen MR) is 94.9 cm³/mol. The summed E-state index contributed by atoms with van der Waals surface area (Å²) in [6, 6.07) is 7.40. The lowest BCUT2D eigenvalue weighted by Gasteiger charge is -2.15. The molecule has 1 aromatic heterocycles. The van der Waals surface area contributed by atoms with Crippen molar-refractivity contribution in [2.75, 3.05) is 6.61 Å². The van der Waals surface area contributed by atoms with Crippen molar-refractivity contribution in [3.05, 3.63) is 61.9 Å². The Labute approximate surface area is 145 Å². The van der Waals surface area contributed by atoms with E-state index in [-0.39, 0.29) is 24.8 Å². The maximum absolute atomic E-state index is 12.1. The van der Waals surface area contributed by atoms with Crippen LogP contribution in [-0.2, 0) is 11.2 Å².